The van der Waals surface area contributed by atoms with Crippen molar-refractivity contribution < 1.29 is 4.74 Å². The summed E-state index contributed by atoms with van der Waals surface area (Å²) in [6, 6.07) is 10.7. The van der Waals surface area contributed by atoms with E-state index in [4.69, 9.17) is 4.74 Å². The number of pyridine rings is 1. The molecule has 2 rings (SSSR count). The van der Waals surface area contributed by atoms with Crippen molar-refractivity contribution in [2.75, 3.05) is 7.05 Å². The van der Waals surface area contributed by atoms with Gasteiger partial charge in [-0.1, -0.05) is 29.3 Å². The largest absolute Gasteiger partial charge is 0.473 e. The zero-order valence-corrected chi connectivity index (χ0v) is 15.5. The lowest BCUT2D eigenvalue weighted by Gasteiger charge is -2.17. The zero-order chi connectivity index (χ0) is 17.7. The third-order valence-corrected chi connectivity index (χ3v) is 3.89. The maximum absolute atomic E-state index is 5.83. The molecular formula is C20H27N3O. The molecular weight excluding hydrogens is 298 g/mol. The van der Waals surface area contributed by atoms with Gasteiger partial charge in [0.15, 0.2) is 0 Å². The maximum atomic E-state index is 5.83. The van der Waals surface area contributed by atoms with Crippen LogP contribution in [0.4, 0.5) is 5.69 Å². The molecule has 128 valence electrons. The Labute approximate surface area is 145 Å². The molecule has 0 aliphatic heterocycles. The van der Waals surface area contributed by atoms with Crippen molar-refractivity contribution >= 4 is 12.0 Å². The van der Waals surface area contributed by atoms with E-state index in [1.807, 2.05) is 32.4 Å². The Morgan fingerprint density at radius 3 is 2.38 bits per heavy atom. The van der Waals surface area contributed by atoms with Gasteiger partial charge in [0.2, 0.25) is 5.88 Å². The van der Waals surface area contributed by atoms with E-state index in [0.29, 0.717) is 18.5 Å². The van der Waals surface area contributed by atoms with Crippen molar-refractivity contribution in [3.8, 4) is 5.88 Å². The third kappa shape index (κ3) is 5.08. The Hall–Kier alpha value is -2.36. The summed E-state index contributed by atoms with van der Waals surface area (Å²) in [5, 5.41) is 0. The number of aliphatic imine (C=N–C) groups is 1. The van der Waals surface area contributed by atoms with Crippen molar-refractivity contribution in [1.82, 2.24) is 9.88 Å². The summed E-state index contributed by atoms with van der Waals surface area (Å²) in [6.45, 7) is 10.9. The second-order valence-corrected chi connectivity index (χ2v) is 6.54. The van der Waals surface area contributed by atoms with Crippen LogP contribution in [0.2, 0.25) is 0 Å². The Morgan fingerprint density at radius 2 is 1.79 bits per heavy atom. The normalized spacial score (nSPS) is 11.3. The predicted molar refractivity (Wildman–Crippen MR) is 100 cm³/mol. The monoisotopic (exact) mass is 325 g/mol. The lowest BCUT2D eigenvalue weighted by Crippen LogP contribution is -2.24. The van der Waals surface area contributed by atoms with Crippen LogP contribution in [-0.4, -0.2) is 29.3 Å². The molecule has 0 unspecified atom stereocenters. The quantitative estimate of drug-likeness (QED) is 0.576. The molecule has 0 bridgehead atoms. The summed E-state index contributed by atoms with van der Waals surface area (Å²) in [6.07, 6.45) is 1.84. The van der Waals surface area contributed by atoms with Crippen LogP contribution in [0.3, 0.4) is 0 Å². The Kier molecular flexibility index (Phi) is 5.96. The van der Waals surface area contributed by atoms with Crippen LogP contribution in [-0.2, 0) is 6.61 Å². The Morgan fingerprint density at radius 1 is 1.12 bits per heavy atom. The molecule has 4 heteroatoms. The number of ether oxygens (including phenoxy) is 1. The first-order chi connectivity index (χ1) is 11.3. The van der Waals surface area contributed by atoms with Gasteiger partial charge < -0.3 is 9.64 Å². The number of rotatable bonds is 6. The number of benzene rings is 1. The first kappa shape index (κ1) is 18.0. The highest BCUT2D eigenvalue weighted by Crippen LogP contribution is 2.21. The first-order valence-electron chi connectivity index (χ1n) is 8.29. The smallest absolute Gasteiger partial charge is 0.213 e. The molecule has 0 N–H and O–H groups in total. The molecule has 0 aliphatic rings. The molecule has 0 aliphatic carbocycles. The van der Waals surface area contributed by atoms with E-state index in [1.54, 1.807) is 0 Å². The van der Waals surface area contributed by atoms with Gasteiger partial charge in [0.1, 0.15) is 6.61 Å². The third-order valence-electron chi connectivity index (χ3n) is 3.89. The van der Waals surface area contributed by atoms with Gasteiger partial charge in [-0.2, -0.15) is 0 Å². The SMILES string of the molecule is Cc1cc(C)cc(COc2ccc(N=CN(C)C(C)C)c(C)n2)c1. The second kappa shape index (κ2) is 7.95. The van der Waals surface area contributed by atoms with E-state index in [-0.39, 0.29) is 0 Å². The van der Waals surface area contributed by atoms with Crippen LogP contribution in [0, 0.1) is 20.8 Å². The zero-order valence-electron chi connectivity index (χ0n) is 15.5. The Bertz CT molecular complexity index is 703. The van der Waals surface area contributed by atoms with Crippen molar-refractivity contribution in [2.24, 2.45) is 4.99 Å². The average Bonchev–Trinajstić information content (AvgIpc) is 2.50. The molecule has 0 saturated carbocycles. The van der Waals surface area contributed by atoms with E-state index in [2.05, 4.69) is 60.8 Å². The van der Waals surface area contributed by atoms with E-state index in [0.717, 1.165) is 16.9 Å². The Balaban J connectivity index is 2.04. The van der Waals surface area contributed by atoms with E-state index < -0.39 is 0 Å². The van der Waals surface area contributed by atoms with Gasteiger partial charge in [0.05, 0.1) is 17.7 Å². The molecule has 0 radical (unpaired) electrons. The highest BCUT2D eigenvalue weighted by atomic mass is 16.5. The average molecular weight is 325 g/mol. The van der Waals surface area contributed by atoms with Crippen molar-refractivity contribution in [1.29, 1.82) is 0 Å². The van der Waals surface area contributed by atoms with Crippen LogP contribution in [0.15, 0.2) is 35.3 Å². The first-order valence-corrected chi connectivity index (χ1v) is 8.29. The molecule has 0 saturated heterocycles. The summed E-state index contributed by atoms with van der Waals surface area (Å²) in [5.41, 5.74) is 5.38. The summed E-state index contributed by atoms with van der Waals surface area (Å²) < 4.78 is 5.83. The molecule has 2 aromatic rings. The van der Waals surface area contributed by atoms with Crippen LogP contribution in [0.25, 0.3) is 0 Å². The van der Waals surface area contributed by atoms with Crippen molar-refractivity contribution in [2.45, 2.75) is 47.3 Å². The summed E-state index contributed by atoms with van der Waals surface area (Å²) in [4.78, 5) is 11.1. The molecule has 0 spiro atoms. The molecule has 1 aromatic heterocycles. The summed E-state index contributed by atoms with van der Waals surface area (Å²) in [5.74, 6) is 0.628. The molecule has 4 nitrogen and oxygen atoms in total. The van der Waals surface area contributed by atoms with Crippen LogP contribution in [0.5, 0.6) is 5.88 Å². The van der Waals surface area contributed by atoms with Gasteiger partial charge >= 0.3 is 0 Å². The molecule has 24 heavy (non-hydrogen) atoms. The minimum atomic E-state index is 0.419. The van der Waals surface area contributed by atoms with Gasteiger partial charge in [-0.25, -0.2) is 9.98 Å². The number of nitrogens with zero attached hydrogens (tertiary/aromatic N) is 3. The van der Waals surface area contributed by atoms with Gasteiger partial charge in [-0.3, -0.25) is 0 Å². The molecule has 0 atom stereocenters. The fourth-order valence-electron chi connectivity index (χ4n) is 2.34. The van der Waals surface area contributed by atoms with Crippen LogP contribution >= 0.6 is 0 Å². The minimum absolute atomic E-state index is 0.419. The van der Waals surface area contributed by atoms with Gasteiger partial charge in [-0.15, -0.1) is 0 Å². The van der Waals surface area contributed by atoms with Crippen LogP contribution < -0.4 is 4.74 Å². The van der Waals surface area contributed by atoms with E-state index in [9.17, 15) is 0 Å². The molecule has 0 fully saturated rings. The molecule has 1 heterocycles. The fourth-order valence-corrected chi connectivity index (χ4v) is 2.34. The minimum Gasteiger partial charge on any atom is -0.473 e. The van der Waals surface area contributed by atoms with Crippen molar-refractivity contribution in [3.05, 3.63) is 52.7 Å². The van der Waals surface area contributed by atoms with Crippen molar-refractivity contribution in [3.63, 3.8) is 0 Å². The van der Waals surface area contributed by atoms with Gasteiger partial charge in [-0.05, 0) is 46.2 Å². The van der Waals surface area contributed by atoms with Gasteiger partial charge in [0, 0.05) is 19.2 Å². The highest BCUT2D eigenvalue weighted by molar-refractivity contribution is 5.62. The lowest BCUT2D eigenvalue weighted by molar-refractivity contribution is 0.293. The summed E-state index contributed by atoms with van der Waals surface area (Å²) in [7, 11) is 2.01. The summed E-state index contributed by atoms with van der Waals surface area (Å²) >= 11 is 0. The van der Waals surface area contributed by atoms with Gasteiger partial charge in [0.25, 0.3) is 0 Å². The fraction of sp³-hybridized carbons (Fsp3) is 0.400. The topological polar surface area (TPSA) is 37.7 Å². The highest BCUT2D eigenvalue weighted by Gasteiger charge is 2.04. The van der Waals surface area contributed by atoms with E-state index in [1.165, 1.54) is 11.1 Å². The second-order valence-electron chi connectivity index (χ2n) is 6.54. The lowest BCUT2D eigenvalue weighted by atomic mass is 10.1. The van der Waals surface area contributed by atoms with E-state index >= 15 is 0 Å². The standard InChI is InChI=1S/C20H27N3O/c1-14(2)23(6)13-21-19-7-8-20(22-17(19)5)24-12-18-10-15(3)9-16(4)11-18/h7-11,13-14H,12H2,1-6H3. The number of aryl methyl sites for hydroxylation is 3. The number of hydrogen-bond donors (Lipinski definition) is 0. The maximum Gasteiger partial charge on any atom is 0.213 e. The molecule has 1 aromatic carbocycles. The number of hydrogen-bond acceptors (Lipinski definition) is 3. The molecule has 0 amide bonds. The number of aromatic nitrogens is 1. The predicted octanol–water partition coefficient (Wildman–Crippen LogP) is 4.59. The van der Waals surface area contributed by atoms with Crippen LogP contribution in [0.1, 0.15) is 36.2 Å².